The minimum absolute atomic E-state index is 0.120. The summed E-state index contributed by atoms with van der Waals surface area (Å²) in [5.41, 5.74) is 2.21. The third-order valence-electron chi connectivity index (χ3n) is 5.71. The molecule has 9 nitrogen and oxygen atoms in total. The molecule has 0 aliphatic carbocycles. The highest BCUT2D eigenvalue weighted by molar-refractivity contribution is 6.32. The van der Waals surface area contributed by atoms with Gasteiger partial charge in [0.05, 0.1) is 40.8 Å². The van der Waals surface area contributed by atoms with Crippen LogP contribution in [0.4, 0.5) is 11.5 Å². The van der Waals surface area contributed by atoms with Gasteiger partial charge in [0.1, 0.15) is 36.9 Å². The van der Waals surface area contributed by atoms with E-state index >= 15 is 0 Å². The molecule has 37 heavy (non-hydrogen) atoms. The number of pyridine rings is 1. The van der Waals surface area contributed by atoms with E-state index in [4.69, 9.17) is 21.1 Å². The second-order valence-electron chi connectivity index (χ2n) is 8.34. The van der Waals surface area contributed by atoms with Crippen LogP contribution in [0.25, 0.3) is 10.9 Å². The van der Waals surface area contributed by atoms with Gasteiger partial charge in [-0.3, -0.25) is 9.78 Å². The average Bonchev–Trinajstić information content (AvgIpc) is 2.91. The Hall–Kier alpha value is -3.95. The zero-order valence-electron chi connectivity index (χ0n) is 20.6. The Kier molecular flexibility index (Phi) is 8.71. The molecular weight excluding hydrogens is 494 g/mol. The van der Waals surface area contributed by atoms with Crippen molar-refractivity contribution in [3.63, 3.8) is 0 Å². The maximum Gasteiger partial charge on any atom is 0.219 e. The van der Waals surface area contributed by atoms with Crippen LogP contribution in [0.5, 0.6) is 11.5 Å². The van der Waals surface area contributed by atoms with E-state index in [0.29, 0.717) is 52.1 Å². The predicted molar refractivity (Wildman–Crippen MR) is 142 cm³/mol. The number of ether oxygens (including phenoxy) is 2. The lowest BCUT2D eigenvalue weighted by atomic mass is 10.2. The highest BCUT2D eigenvalue weighted by Crippen LogP contribution is 2.34. The molecule has 0 aliphatic heterocycles. The van der Waals surface area contributed by atoms with E-state index in [0.717, 1.165) is 5.69 Å². The maximum atomic E-state index is 11.9. The molecule has 0 bridgehead atoms. The van der Waals surface area contributed by atoms with Gasteiger partial charge in [0.25, 0.3) is 0 Å². The van der Waals surface area contributed by atoms with Gasteiger partial charge >= 0.3 is 0 Å². The van der Waals surface area contributed by atoms with Crippen molar-refractivity contribution in [3.05, 3.63) is 77.8 Å². The number of fused-ring (bicyclic) bond motifs is 1. The summed E-state index contributed by atoms with van der Waals surface area (Å²) in [5, 5.41) is 13.9. The van der Waals surface area contributed by atoms with Crippen LogP contribution < -0.4 is 14.8 Å². The number of halogens is 1. The zero-order valence-corrected chi connectivity index (χ0v) is 21.4. The summed E-state index contributed by atoms with van der Waals surface area (Å²) in [7, 11) is 0. The SMILES string of the molecule is CC(=O)N(CCOc1cccc2ncnc(Nc3ccc(OCc4ccccn4)c(Cl)c3)c12)C(C)CO. The zero-order chi connectivity index (χ0) is 26.2. The molecule has 0 saturated heterocycles. The molecule has 2 aromatic heterocycles. The molecule has 10 heteroatoms. The van der Waals surface area contributed by atoms with Crippen LogP contribution in [0.3, 0.4) is 0 Å². The number of benzene rings is 2. The topological polar surface area (TPSA) is 110 Å². The molecule has 0 fully saturated rings. The molecule has 1 unspecified atom stereocenters. The van der Waals surface area contributed by atoms with E-state index in [1.807, 2.05) is 42.5 Å². The van der Waals surface area contributed by atoms with Crippen LogP contribution in [0.1, 0.15) is 19.5 Å². The lowest BCUT2D eigenvalue weighted by molar-refractivity contribution is -0.132. The Labute approximate surface area is 220 Å². The Bertz CT molecular complexity index is 1350. The van der Waals surface area contributed by atoms with Gasteiger partial charge in [-0.15, -0.1) is 0 Å². The van der Waals surface area contributed by atoms with Gasteiger partial charge in [-0.2, -0.15) is 0 Å². The smallest absolute Gasteiger partial charge is 0.219 e. The number of hydrogen-bond donors (Lipinski definition) is 2. The number of amides is 1. The van der Waals surface area contributed by atoms with E-state index in [9.17, 15) is 9.90 Å². The Morgan fingerprint density at radius 3 is 2.68 bits per heavy atom. The molecule has 2 aromatic carbocycles. The summed E-state index contributed by atoms with van der Waals surface area (Å²) in [5.74, 6) is 1.54. The van der Waals surface area contributed by atoms with Gasteiger partial charge in [0, 0.05) is 18.8 Å². The highest BCUT2D eigenvalue weighted by Gasteiger charge is 2.17. The molecule has 1 amide bonds. The van der Waals surface area contributed by atoms with Gasteiger partial charge in [-0.05, 0) is 49.4 Å². The molecule has 1 atom stereocenters. The standard InChI is InChI=1S/C27H28ClN5O4/c1-18(15-34)33(19(2)35)12-13-36-25-8-5-7-23-26(25)27(31-17-30-23)32-20-9-10-24(22(28)14-20)37-16-21-6-3-4-11-29-21/h3-11,14,17-18,34H,12-13,15-16H2,1-2H3,(H,30,31,32). The van der Waals surface area contributed by atoms with Gasteiger partial charge in [-0.1, -0.05) is 23.7 Å². The first-order chi connectivity index (χ1) is 18.0. The molecule has 0 radical (unpaired) electrons. The number of aromatic nitrogens is 3. The molecule has 2 N–H and O–H groups in total. The van der Waals surface area contributed by atoms with Gasteiger partial charge in [-0.25, -0.2) is 9.97 Å². The van der Waals surface area contributed by atoms with Crippen molar-refractivity contribution in [3.8, 4) is 11.5 Å². The van der Waals surface area contributed by atoms with Crippen LogP contribution in [0, 0.1) is 0 Å². The van der Waals surface area contributed by atoms with Crippen molar-refractivity contribution in [2.75, 3.05) is 25.1 Å². The van der Waals surface area contributed by atoms with E-state index < -0.39 is 0 Å². The Morgan fingerprint density at radius 1 is 1.08 bits per heavy atom. The number of anilines is 2. The monoisotopic (exact) mass is 521 g/mol. The van der Waals surface area contributed by atoms with E-state index in [-0.39, 0.29) is 25.2 Å². The third-order valence-corrected chi connectivity index (χ3v) is 6.01. The van der Waals surface area contributed by atoms with Gasteiger partial charge < -0.3 is 24.8 Å². The number of aliphatic hydroxyl groups excluding tert-OH is 1. The molecule has 4 rings (SSSR count). The van der Waals surface area contributed by atoms with Crippen LogP contribution in [-0.2, 0) is 11.4 Å². The van der Waals surface area contributed by atoms with Crippen LogP contribution in [-0.4, -0.2) is 56.7 Å². The Morgan fingerprint density at radius 2 is 1.95 bits per heavy atom. The molecular formula is C27H28ClN5O4. The van der Waals surface area contributed by atoms with Crippen LogP contribution in [0.2, 0.25) is 5.02 Å². The fourth-order valence-corrected chi connectivity index (χ4v) is 4.04. The number of rotatable bonds is 11. The van der Waals surface area contributed by atoms with E-state index in [1.54, 1.807) is 30.2 Å². The maximum absolute atomic E-state index is 11.9. The first-order valence-electron chi connectivity index (χ1n) is 11.8. The van der Waals surface area contributed by atoms with Crippen molar-refractivity contribution >= 4 is 39.9 Å². The summed E-state index contributed by atoms with van der Waals surface area (Å²) >= 11 is 6.48. The van der Waals surface area contributed by atoms with Crippen molar-refractivity contribution in [2.24, 2.45) is 0 Å². The minimum atomic E-state index is -0.296. The second kappa shape index (κ2) is 12.3. The lowest BCUT2D eigenvalue weighted by Crippen LogP contribution is -2.41. The number of carbonyl (C=O) groups is 1. The summed E-state index contributed by atoms with van der Waals surface area (Å²) < 4.78 is 11.9. The number of carbonyl (C=O) groups excluding carboxylic acids is 1. The fraction of sp³-hybridized carbons (Fsp3) is 0.259. The van der Waals surface area contributed by atoms with Gasteiger partial charge in [0.15, 0.2) is 0 Å². The van der Waals surface area contributed by atoms with Crippen LogP contribution in [0.15, 0.2) is 67.1 Å². The molecule has 192 valence electrons. The molecule has 2 heterocycles. The third kappa shape index (κ3) is 6.63. The van der Waals surface area contributed by atoms with E-state index in [2.05, 4.69) is 20.3 Å². The molecule has 0 saturated carbocycles. The number of nitrogens with one attached hydrogen (secondary N) is 1. The van der Waals surface area contributed by atoms with Crippen molar-refractivity contribution < 1.29 is 19.4 Å². The largest absolute Gasteiger partial charge is 0.491 e. The first kappa shape index (κ1) is 26.1. The van der Waals surface area contributed by atoms with Crippen molar-refractivity contribution in [2.45, 2.75) is 26.5 Å². The van der Waals surface area contributed by atoms with Gasteiger partial charge in [0.2, 0.25) is 5.91 Å². The molecule has 4 aromatic rings. The van der Waals surface area contributed by atoms with Crippen molar-refractivity contribution in [1.82, 2.24) is 19.9 Å². The number of aliphatic hydroxyl groups is 1. The predicted octanol–water partition coefficient (Wildman–Crippen LogP) is 4.61. The first-order valence-corrected chi connectivity index (χ1v) is 12.2. The Balaban J connectivity index is 1.50. The van der Waals surface area contributed by atoms with Crippen molar-refractivity contribution in [1.29, 1.82) is 0 Å². The van der Waals surface area contributed by atoms with Crippen LogP contribution >= 0.6 is 11.6 Å². The summed E-state index contributed by atoms with van der Waals surface area (Å²) in [6.45, 7) is 4.02. The molecule has 0 aliphatic rings. The lowest BCUT2D eigenvalue weighted by Gasteiger charge is -2.26. The minimum Gasteiger partial charge on any atom is -0.491 e. The highest BCUT2D eigenvalue weighted by atomic mass is 35.5. The average molecular weight is 522 g/mol. The summed E-state index contributed by atoms with van der Waals surface area (Å²) in [6.07, 6.45) is 3.19. The van der Waals surface area contributed by atoms with E-state index in [1.165, 1.54) is 13.3 Å². The summed E-state index contributed by atoms with van der Waals surface area (Å²) in [6, 6.07) is 16.3. The summed E-state index contributed by atoms with van der Waals surface area (Å²) in [4.78, 5) is 26.5. The normalized spacial score (nSPS) is 11.7. The second-order valence-corrected chi connectivity index (χ2v) is 8.75. The number of nitrogens with zero attached hydrogens (tertiary/aromatic N) is 4. The number of hydrogen-bond acceptors (Lipinski definition) is 8. The molecule has 0 spiro atoms. The quantitative estimate of drug-likeness (QED) is 0.294. The fourth-order valence-electron chi connectivity index (χ4n) is 3.80.